The number of carbonyl (C=O) groups excluding carboxylic acids is 3. The van der Waals surface area contributed by atoms with Crippen molar-refractivity contribution in [2.24, 2.45) is 0 Å². The molecular formula is C24H33NO6. The molecule has 0 heterocycles. The monoisotopic (exact) mass is 431 g/mol. The fourth-order valence-electron chi connectivity index (χ4n) is 2.45. The fraction of sp³-hybridized carbons (Fsp3) is 0.625. The number of hydrogen-bond acceptors (Lipinski definition) is 6. The van der Waals surface area contributed by atoms with Gasteiger partial charge >= 0.3 is 18.0 Å². The number of unbranched alkanes of at least 4 members (excludes halogenated alkanes) is 5. The van der Waals surface area contributed by atoms with Crippen LogP contribution in [-0.4, -0.2) is 43.9 Å². The quantitative estimate of drug-likeness (QED) is 0.164. The Morgan fingerprint density at radius 2 is 1.26 bits per heavy atom. The number of rotatable bonds is 17. The Hall–Kier alpha value is -3.11. The van der Waals surface area contributed by atoms with Gasteiger partial charge in [0.1, 0.15) is 6.04 Å². The second kappa shape index (κ2) is 20.2. The lowest BCUT2D eigenvalue weighted by atomic mass is 10.1. The van der Waals surface area contributed by atoms with Crippen molar-refractivity contribution in [3.8, 4) is 37.0 Å². The molecule has 7 nitrogen and oxygen atoms in total. The highest BCUT2D eigenvalue weighted by atomic mass is 16.6. The van der Waals surface area contributed by atoms with Gasteiger partial charge in [-0.1, -0.05) is 12.8 Å². The maximum atomic E-state index is 12.3. The highest BCUT2D eigenvalue weighted by Gasteiger charge is 2.22. The maximum absolute atomic E-state index is 12.3. The van der Waals surface area contributed by atoms with Gasteiger partial charge in [-0.05, 0) is 32.1 Å². The molecule has 0 aromatic rings. The van der Waals surface area contributed by atoms with Gasteiger partial charge in [0.05, 0.1) is 19.8 Å². The summed E-state index contributed by atoms with van der Waals surface area (Å²) in [6.45, 7) is 0.678. The van der Waals surface area contributed by atoms with Gasteiger partial charge in [0, 0.05) is 25.7 Å². The smallest absolute Gasteiger partial charge is 0.407 e. The number of nitrogens with one attached hydrogen (secondary N) is 1. The van der Waals surface area contributed by atoms with Gasteiger partial charge in [0.2, 0.25) is 0 Å². The molecule has 31 heavy (non-hydrogen) atoms. The number of alkyl carbamates (subject to hydrolysis) is 1. The summed E-state index contributed by atoms with van der Waals surface area (Å²) in [6.07, 6.45) is 20.7. The summed E-state index contributed by atoms with van der Waals surface area (Å²) in [6, 6.07) is -0.832. The molecule has 0 aromatic carbocycles. The number of ether oxygens (including phenoxy) is 3. The van der Waals surface area contributed by atoms with Crippen LogP contribution in [0.3, 0.4) is 0 Å². The summed E-state index contributed by atoms with van der Waals surface area (Å²) in [5, 5.41) is 2.54. The maximum Gasteiger partial charge on any atom is 0.407 e. The van der Waals surface area contributed by atoms with E-state index in [2.05, 4.69) is 23.1 Å². The number of esters is 2. The molecule has 1 N–H and O–H groups in total. The highest BCUT2D eigenvalue weighted by Crippen LogP contribution is 2.09. The van der Waals surface area contributed by atoms with Crippen molar-refractivity contribution in [3.05, 3.63) is 0 Å². The van der Waals surface area contributed by atoms with Crippen molar-refractivity contribution in [2.45, 2.75) is 76.7 Å². The molecule has 170 valence electrons. The van der Waals surface area contributed by atoms with E-state index in [0.717, 1.165) is 0 Å². The third kappa shape index (κ3) is 17.5. The van der Waals surface area contributed by atoms with Crippen LogP contribution in [0.15, 0.2) is 0 Å². The summed E-state index contributed by atoms with van der Waals surface area (Å²) in [4.78, 5) is 35.9. The third-order valence-corrected chi connectivity index (χ3v) is 4.09. The molecule has 0 spiro atoms. The Morgan fingerprint density at radius 1 is 0.710 bits per heavy atom. The van der Waals surface area contributed by atoms with Crippen molar-refractivity contribution in [3.63, 3.8) is 0 Å². The molecule has 1 atom stereocenters. The van der Waals surface area contributed by atoms with Crippen LogP contribution in [0.5, 0.6) is 0 Å². The Balaban J connectivity index is 4.31. The van der Waals surface area contributed by atoms with Crippen molar-refractivity contribution in [2.75, 3.05) is 19.8 Å². The standard InChI is InChI=1S/C24H33NO6/c1-4-7-13-18-29-22(26)17-12-10-11-16-21(23(27)30-19-14-8-5-2)25-24(28)31-20-15-9-6-3/h1-3,21H,7-20H2,(H,25,28)/t21-/m0/s1. The first-order valence-corrected chi connectivity index (χ1v) is 10.6. The van der Waals surface area contributed by atoms with E-state index in [0.29, 0.717) is 77.2 Å². The van der Waals surface area contributed by atoms with E-state index in [9.17, 15) is 14.4 Å². The normalized spacial score (nSPS) is 10.6. The summed E-state index contributed by atoms with van der Waals surface area (Å²) < 4.78 is 15.3. The Morgan fingerprint density at radius 3 is 1.84 bits per heavy atom. The molecule has 0 radical (unpaired) electrons. The van der Waals surface area contributed by atoms with Gasteiger partial charge in [-0.3, -0.25) is 4.79 Å². The molecule has 0 bridgehead atoms. The van der Waals surface area contributed by atoms with Crippen LogP contribution in [0.1, 0.15) is 70.6 Å². The zero-order valence-corrected chi connectivity index (χ0v) is 18.2. The minimum atomic E-state index is -0.832. The predicted octanol–water partition coefficient (Wildman–Crippen LogP) is 3.36. The Labute approximate surface area is 186 Å². The van der Waals surface area contributed by atoms with E-state index < -0.39 is 18.1 Å². The molecule has 0 aromatic heterocycles. The summed E-state index contributed by atoms with van der Waals surface area (Å²) in [7, 11) is 0. The molecule has 0 unspecified atom stereocenters. The van der Waals surface area contributed by atoms with E-state index in [-0.39, 0.29) is 19.2 Å². The summed E-state index contributed by atoms with van der Waals surface area (Å²) in [5.41, 5.74) is 0. The van der Waals surface area contributed by atoms with Gasteiger partial charge in [0.15, 0.2) is 0 Å². The molecule has 0 saturated heterocycles. The topological polar surface area (TPSA) is 90.9 Å². The first-order chi connectivity index (χ1) is 15.0. The van der Waals surface area contributed by atoms with Crippen molar-refractivity contribution in [1.29, 1.82) is 0 Å². The molecular weight excluding hydrogens is 398 g/mol. The summed E-state index contributed by atoms with van der Waals surface area (Å²) in [5.74, 6) is 6.61. The van der Waals surface area contributed by atoms with E-state index in [4.69, 9.17) is 33.5 Å². The molecule has 0 saturated carbocycles. The van der Waals surface area contributed by atoms with Crippen molar-refractivity contribution in [1.82, 2.24) is 5.32 Å². The number of carbonyl (C=O) groups is 3. The lowest BCUT2D eigenvalue weighted by Crippen LogP contribution is -2.42. The zero-order valence-electron chi connectivity index (χ0n) is 18.2. The van der Waals surface area contributed by atoms with Crippen LogP contribution >= 0.6 is 0 Å². The SMILES string of the molecule is C#CCCCOC(=O)CCCCC[C@H](NC(=O)OCCCC#C)C(=O)OCCCC#C. The lowest BCUT2D eigenvalue weighted by molar-refractivity contribution is -0.146. The average molecular weight is 432 g/mol. The minimum absolute atomic E-state index is 0.170. The highest BCUT2D eigenvalue weighted by molar-refractivity contribution is 5.81. The zero-order chi connectivity index (χ0) is 23.2. The van der Waals surface area contributed by atoms with Crippen LogP contribution < -0.4 is 5.32 Å². The van der Waals surface area contributed by atoms with E-state index in [1.807, 2.05) is 0 Å². The fourth-order valence-corrected chi connectivity index (χ4v) is 2.45. The van der Waals surface area contributed by atoms with Crippen LogP contribution in [0.4, 0.5) is 4.79 Å². The number of terminal acetylenes is 3. The van der Waals surface area contributed by atoms with Crippen LogP contribution in [0, 0.1) is 37.0 Å². The molecule has 0 aliphatic heterocycles. The van der Waals surface area contributed by atoms with Crippen molar-refractivity contribution >= 4 is 18.0 Å². The van der Waals surface area contributed by atoms with Crippen LogP contribution in [-0.2, 0) is 23.8 Å². The molecule has 0 fully saturated rings. The average Bonchev–Trinajstić information content (AvgIpc) is 2.76. The second-order valence-electron chi connectivity index (χ2n) is 6.74. The van der Waals surface area contributed by atoms with Gasteiger partial charge in [-0.2, -0.15) is 0 Å². The second-order valence-corrected chi connectivity index (χ2v) is 6.74. The van der Waals surface area contributed by atoms with E-state index in [1.54, 1.807) is 0 Å². The Bertz CT molecular complexity index is 652. The van der Waals surface area contributed by atoms with E-state index in [1.165, 1.54) is 0 Å². The van der Waals surface area contributed by atoms with Gasteiger partial charge in [-0.15, -0.1) is 37.0 Å². The number of hydrogen-bond donors (Lipinski definition) is 1. The first kappa shape index (κ1) is 27.9. The van der Waals surface area contributed by atoms with Gasteiger partial charge < -0.3 is 19.5 Å². The lowest BCUT2D eigenvalue weighted by Gasteiger charge is -2.17. The van der Waals surface area contributed by atoms with Crippen molar-refractivity contribution < 1.29 is 28.6 Å². The minimum Gasteiger partial charge on any atom is -0.466 e. The molecule has 1 amide bonds. The number of amides is 1. The molecule has 0 aliphatic rings. The molecule has 7 heteroatoms. The molecule has 0 rings (SSSR count). The van der Waals surface area contributed by atoms with E-state index >= 15 is 0 Å². The van der Waals surface area contributed by atoms with Gasteiger partial charge in [0.25, 0.3) is 0 Å². The third-order valence-electron chi connectivity index (χ3n) is 4.09. The summed E-state index contributed by atoms with van der Waals surface area (Å²) >= 11 is 0. The van der Waals surface area contributed by atoms with Crippen LogP contribution in [0.2, 0.25) is 0 Å². The van der Waals surface area contributed by atoms with Crippen LogP contribution in [0.25, 0.3) is 0 Å². The predicted molar refractivity (Wildman–Crippen MR) is 117 cm³/mol. The first-order valence-electron chi connectivity index (χ1n) is 10.6. The Kier molecular flexibility index (Phi) is 18.2. The van der Waals surface area contributed by atoms with Gasteiger partial charge in [-0.25, -0.2) is 9.59 Å². The largest absolute Gasteiger partial charge is 0.466 e. The molecule has 0 aliphatic carbocycles.